The molecule has 0 aliphatic rings. The average molecular weight is 388 g/mol. The molecular weight excluding hydrogens is 365 g/mol. The molecule has 0 fully saturated rings. The Balaban J connectivity index is 2.77. The third-order valence-electron chi connectivity index (χ3n) is 3.00. The minimum atomic E-state index is -3.68. The van der Waals surface area contributed by atoms with Gasteiger partial charge in [-0.1, -0.05) is 12.1 Å². The Morgan fingerprint density at radius 2 is 1.69 bits per heavy atom. The average Bonchev–Trinajstić information content (AvgIpc) is 2.54. The molecule has 0 saturated carbocycles. The van der Waals surface area contributed by atoms with Gasteiger partial charge < -0.3 is 24.5 Å². The van der Waals surface area contributed by atoms with E-state index in [4.69, 9.17) is 9.26 Å². The summed E-state index contributed by atoms with van der Waals surface area (Å²) in [5.41, 5.74) is -0.178. The largest absolute Gasteiger partial charge is 0.548 e. The Hall–Kier alpha value is -2.09. The molecule has 1 amide bonds. The number of amides is 1. The third kappa shape index (κ3) is 7.43. The summed E-state index contributed by atoms with van der Waals surface area (Å²) in [5.74, 6) is -1.23. The van der Waals surface area contributed by atoms with E-state index in [2.05, 4.69) is 14.4 Å². The highest BCUT2D eigenvalue weighted by molar-refractivity contribution is 7.48. The maximum atomic E-state index is 11.9. The molecule has 26 heavy (non-hydrogen) atoms. The summed E-state index contributed by atoms with van der Waals surface area (Å²) in [6.07, 6.45) is -0.888. The predicted molar refractivity (Wildman–Crippen MR) is 90.6 cm³/mol. The fourth-order valence-corrected chi connectivity index (χ4v) is 2.52. The first-order chi connectivity index (χ1) is 12.0. The van der Waals surface area contributed by atoms with Crippen LogP contribution in [0.5, 0.6) is 5.75 Å². The highest BCUT2D eigenvalue weighted by Crippen LogP contribution is 2.47. The molecule has 0 saturated heterocycles. The van der Waals surface area contributed by atoms with Crippen LogP contribution in [0.3, 0.4) is 0 Å². The molecule has 1 atom stereocenters. The molecule has 0 radical (unpaired) electrons. The molecule has 0 bridgehead atoms. The number of phosphoric acid groups is 1. The summed E-state index contributed by atoms with van der Waals surface area (Å²) in [6.45, 7) is 4.99. The molecule has 1 rings (SSSR count). The summed E-state index contributed by atoms with van der Waals surface area (Å²) < 4.78 is 31.4. The summed E-state index contributed by atoms with van der Waals surface area (Å²) in [7, 11) is -1.31. The highest BCUT2D eigenvalue weighted by Gasteiger charge is 2.25. The van der Waals surface area contributed by atoms with Gasteiger partial charge in [0.05, 0.1) is 12.0 Å². The number of nitrogens with one attached hydrogen (secondary N) is 1. The van der Waals surface area contributed by atoms with Crippen LogP contribution in [0.25, 0.3) is 0 Å². The number of hydrogen-bond donors (Lipinski definition) is 1. The summed E-state index contributed by atoms with van der Waals surface area (Å²) in [4.78, 5) is 23.0. The first-order valence-corrected chi connectivity index (χ1v) is 9.14. The van der Waals surface area contributed by atoms with Crippen LogP contribution in [-0.4, -0.2) is 37.9 Å². The first kappa shape index (κ1) is 22.0. The van der Waals surface area contributed by atoms with Gasteiger partial charge in [0.1, 0.15) is 11.4 Å². The number of carboxylic acid groups (broad SMARTS) is 1. The van der Waals surface area contributed by atoms with Crippen LogP contribution in [0.15, 0.2) is 24.3 Å². The monoisotopic (exact) mass is 388 g/mol. The van der Waals surface area contributed by atoms with E-state index in [1.807, 2.05) is 0 Å². The van der Waals surface area contributed by atoms with Gasteiger partial charge in [-0.25, -0.2) is 9.36 Å². The smallest absolute Gasteiger partial charge is 0.529 e. The van der Waals surface area contributed by atoms with Gasteiger partial charge in [-0.3, -0.25) is 9.05 Å². The van der Waals surface area contributed by atoms with Gasteiger partial charge in [-0.2, -0.15) is 0 Å². The number of ether oxygens (including phenoxy) is 1. The van der Waals surface area contributed by atoms with Crippen molar-refractivity contribution in [3.8, 4) is 5.75 Å². The Morgan fingerprint density at radius 3 is 2.12 bits per heavy atom. The van der Waals surface area contributed by atoms with Crippen LogP contribution >= 0.6 is 7.82 Å². The second kappa shape index (κ2) is 9.02. The fraction of sp³-hybridized carbons (Fsp3) is 0.500. The third-order valence-corrected chi connectivity index (χ3v) is 4.33. The molecule has 0 aliphatic carbocycles. The van der Waals surface area contributed by atoms with Gasteiger partial charge in [-0.05, 0) is 44.9 Å². The zero-order chi connectivity index (χ0) is 20.0. The number of rotatable bonds is 8. The summed E-state index contributed by atoms with van der Waals surface area (Å²) in [6, 6.07) is 4.77. The topological polar surface area (TPSA) is 123 Å². The van der Waals surface area contributed by atoms with E-state index in [0.29, 0.717) is 5.56 Å². The van der Waals surface area contributed by atoms with E-state index in [-0.39, 0.29) is 12.2 Å². The van der Waals surface area contributed by atoms with E-state index < -0.39 is 31.5 Å². The van der Waals surface area contributed by atoms with Crippen molar-refractivity contribution in [1.29, 1.82) is 0 Å². The van der Waals surface area contributed by atoms with Crippen molar-refractivity contribution in [3.05, 3.63) is 29.8 Å². The van der Waals surface area contributed by atoms with Crippen LogP contribution < -0.4 is 14.9 Å². The van der Waals surface area contributed by atoms with Crippen LogP contribution in [0, 0.1) is 0 Å². The number of hydrogen-bond acceptors (Lipinski definition) is 8. The van der Waals surface area contributed by atoms with Crippen LogP contribution in [0.2, 0.25) is 0 Å². The molecular formula is C16H23NO8P-. The molecule has 9 nitrogen and oxygen atoms in total. The lowest BCUT2D eigenvalue weighted by molar-refractivity contribution is -0.308. The zero-order valence-electron chi connectivity index (χ0n) is 15.3. The molecule has 0 spiro atoms. The number of aliphatic carboxylic acids is 1. The van der Waals surface area contributed by atoms with Gasteiger partial charge >= 0.3 is 13.9 Å². The lowest BCUT2D eigenvalue weighted by Crippen LogP contribution is -2.50. The van der Waals surface area contributed by atoms with Crippen LogP contribution in [0.1, 0.15) is 26.3 Å². The van der Waals surface area contributed by atoms with E-state index in [9.17, 15) is 19.3 Å². The van der Waals surface area contributed by atoms with Gasteiger partial charge in [0, 0.05) is 14.2 Å². The second-order valence-corrected chi connectivity index (χ2v) is 8.08. The Morgan fingerprint density at radius 1 is 1.15 bits per heavy atom. The van der Waals surface area contributed by atoms with Crippen LogP contribution in [0.4, 0.5) is 4.79 Å². The number of benzene rings is 1. The molecule has 0 heterocycles. The van der Waals surface area contributed by atoms with Crippen LogP contribution in [-0.2, 0) is 29.6 Å². The summed E-state index contributed by atoms with van der Waals surface area (Å²) in [5, 5.41) is 13.5. The predicted octanol–water partition coefficient (Wildman–Crippen LogP) is 1.65. The quantitative estimate of drug-likeness (QED) is 0.667. The van der Waals surface area contributed by atoms with Crippen molar-refractivity contribution in [2.75, 3.05) is 14.2 Å². The molecule has 1 aromatic carbocycles. The van der Waals surface area contributed by atoms with Crippen molar-refractivity contribution < 1.29 is 37.6 Å². The Kier molecular flexibility index (Phi) is 7.62. The van der Waals surface area contributed by atoms with Gasteiger partial charge in [0.15, 0.2) is 0 Å². The number of phosphoric ester groups is 1. The van der Waals surface area contributed by atoms with Crippen molar-refractivity contribution in [3.63, 3.8) is 0 Å². The first-order valence-electron chi connectivity index (χ1n) is 7.68. The normalized spacial score (nSPS) is 13.0. The molecule has 0 unspecified atom stereocenters. The van der Waals surface area contributed by atoms with E-state index in [0.717, 1.165) is 0 Å². The highest BCUT2D eigenvalue weighted by atomic mass is 31.2. The minimum Gasteiger partial charge on any atom is -0.548 e. The minimum absolute atomic E-state index is 0.0337. The summed E-state index contributed by atoms with van der Waals surface area (Å²) >= 11 is 0. The molecule has 1 N–H and O–H groups in total. The molecule has 146 valence electrons. The molecule has 1 aromatic rings. The SMILES string of the molecule is COP(=O)(OC)Oc1ccc(C[C@H](NC(=O)OC(C)(C)C)C(=O)[O-])cc1. The van der Waals surface area contributed by atoms with Gasteiger partial charge in [0.2, 0.25) is 0 Å². The lowest BCUT2D eigenvalue weighted by atomic mass is 10.1. The lowest BCUT2D eigenvalue weighted by Gasteiger charge is -2.24. The molecule has 0 aromatic heterocycles. The number of carboxylic acids is 1. The number of carbonyl (C=O) groups excluding carboxylic acids is 2. The molecule has 10 heteroatoms. The van der Waals surface area contributed by atoms with Crippen molar-refractivity contribution in [2.24, 2.45) is 0 Å². The van der Waals surface area contributed by atoms with Gasteiger partial charge in [0.25, 0.3) is 0 Å². The zero-order valence-corrected chi connectivity index (χ0v) is 16.2. The number of carbonyl (C=O) groups is 2. The number of alkyl carbamates (subject to hydrolysis) is 1. The van der Waals surface area contributed by atoms with Crippen molar-refractivity contribution in [2.45, 2.75) is 38.8 Å². The van der Waals surface area contributed by atoms with E-state index in [1.54, 1.807) is 32.9 Å². The standard InChI is InChI=1S/C16H24NO8P/c1-16(2,3)24-15(20)17-13(14(18)19)10-11-6-8-12(9-7-11)25-26(21,22-4)23-5/h6-9,13H,10H2,1-5H3,(H,17,20)(H,18,19)/p-1/t13-/m0/s1. The van der Waals surface area contributed by atoms with E-state index in [1.165, 1.54) is 26.4 Å². The maximum absolute atomic E-state index is 11.9. The van der Waals surface area contributed by atoms with E-state index >= 15 is 0 Å². The van der Waals surface area contributed by atoms with Crippen molar-refractivity contribution in [1.82, 2.24) is 5.32 Å². The molecule has 0 aliphatic heterocycles. The van der Waals surface area contributed by atoms with Gasteiger partial charge in [-0.15, -0.1) is 0 Å². The Bertz CT molecular complexity index is 660. The fourth-order valence-electron chi connectivity index (χ4n) is 1.84. The Labute approximate surface area is 152 Å². The maximum Gasteiger partial charge on any atom is 0.529 e. The second-order valence-electron chi connectivity index (χ2n) is 6.27. The van der Waals surface area contributed by atoms with Crippen molar-refractivity contribution >= 4 is 19.9 Å².